The Bertz CT molecular complexity index is 903. The zero-order chi connectivity index (χ0) is 17.2. The molecule has 0 aliphatic carbocycles. The molecule has 2 aromatic rings. The highest BCUT2D eigenvalue weighted by Gasteiger charge is 2.29. The standard InChI is InChI=1S/C14H14N4O5S/c1-9-16-17-12(23-9)8-22-13(19)6-7-15-14-10-4-2-3-5-11(10)24(20,21)18-14/h2-5H,6-8H2,1H3,(H,15,18). The second kappa shape index (κ2) is 6.40. The van der Waals surface area contributed by atoms with Crippen molar-refractivity contribution < 1.29 is 22.4 Å². The molecular weight excluding hydrogens is 336 g/mol. The van der Waals surface area contributed by atoms with E-state index in [2.05, 4.69) is 19.9 Å². The summed E-state index contributed by atoms with van der Waals surface area (Å²) in [5, 5.41) is 7.32. The first kappa shape index (κ1) is 16.1. The molecule has 3 rings (SSSR count). The number of aromatic nitrogens is 2. The van der Waals surface area contributed by atoms with Crippen LogP contribution in [-0.4, -0.2) is 37.0 Å². The molecule has 1 aromatic heterocycles. The first-order valence-corrected chi connectivity index (χ1v) is 8.55. The summed E-state index contributed by atoms with van der Waals surface area (Å²) >= 11 is 0. The molecule has 0 atom stereocenters. The van der Waals surface area contributed by atoms with Crippen molar-refractivity contribution in [1.29, 1.82) is 0 Å². The van der Waals surface area contributed by atoms with Crippen molar-refractivity contribution >= 4 is 21.8 Å². The number of rotatable bonds is 5. The van der Waals surface area contributed by atoms with E-state index < -0.39 is 16.0 Å². The molecule has 0 radical (unpaired) electrons. The molecule has 0 saturated heterocycles. The van der Waals surface area contributed by atoms with Crippen molar-refractivity contribution in [2.24, 2.45) is 4.99 Å². The summed E-state index contributed by atoms with van der Waals surface area (Å²) in [5.74, 6) is 0.333. The Morgan fingerprint density at radius 2 is 2.12 bits per heavy atom. The molecule has 1 aliphatic rings. The van der Waals surface area contributed by atoms with Gasteiger partial charge >= 0.3 is 5.97 Å². The largest absolute Gasteiger partial charge is 0.456 e. The van der Waals surface area contributed by atoms with Crippen LogP contribution >= 0.6 is 0 Å². The molecule has 1 aliphatic heterocycles. The minimum atomic E-state index is -3.57. The zero-order valence-corrected chi connectivity index (χ0v) is 13.5. The molecule has 126 valence electrons. The number of ether oxygens (including phenoxy) is 1. The Kier molecular flexibility index (Phi) is 4.30. The molecule has 0 fully saturated rings. The minimum absolute atomic E-state index is 0.000510. The predicted molar refractivity (Wildman–Crippen MR) is 81.6 cm³/mol. The predicted octanol–water partition coefficient (Wildman–Crippen LogP) is 0.550. The molecule has 24 heavy (non-hydrogen) atoms. The van der Waals surface area contributed by atoms with Crippen LogP contribution in [-0.2, 0) is 26.2 Å². The molecule has 0 bridgehead atoms. The van der Waals surface area contributed by atoms with Crippen molar-refractivity contribution in [3.05, 3.63) is 41.6 Å². The average molecular weight is 350 g/mol. The lowest BCUT2D eigenvalue weighted by Crippen LogP contribution is -2.22. The number of nitrogens with one attached hydrogen (secondary N) is 1. The fourth-order valence-corrected chi connectivity index (χ4v) is 3.37. The third-order valence-corrected chi connectivity index (χ3v) is 4.57. The van der Waals surface area contributed by atoms with E-state index in [4.69, 9.17) is 9.15 Å². The van der Waals surface area contributed by atoms with E-state index in [0.717, 1.165) is 0 Å². The van der Waals surface area contributed by atoms with Crippen LogP contribution < -0.4 is 4.72 Å². The van der Waals surface area contributed by atoms with Crippen LogP contribution in [0.1, 0.15) is 23.8 Å². The van der Waals surface area contributed by atoms with Gasteiger partial charge in [-0.1, -0.05) is 12.1 Å². The molecule has 10 heteroatoms. The van der Waals surface area contributed by atoms with Crippen molar-refractivity contribution in [2.75, 3.05) is 6.54 Å². The van der Waals surface area contributed by atoms with E-state index in [9.17, 15) is 13.2 Å². The van der Waals surface area contributed by atoms with E-state index in [-0.39, 0.29) is 36.2 Å². The maximum absolute atomic E-state index is 11.9. The number of amidine groups is 1. The van der Waals surface area contributed by atoms with E-state index in [0.29, 0.717) is 11.5 Å². The maximum atomic E-state index is 11.9. The molecule has 1 N–H and O–H groups in total. The molecule has 1 aromatic carbocycles. The summed E-state index contributed by atoms with van der Waals surface area (Å²) < 4.78 is 36.2. The lowest BCUT2D eigenvalue weighted by atomic mass is 10.2. The van der Waals surface area contributed by atoms with Crippen LogP contribution in [0.3, 0.4) is 0 Å². The second-order valence-corrected chi connectivity index (χ2v) is 6.61. The van der Waals surface area contributed by atoms with Gasteiger partial charge in [0.25, 0.3) is 15.9 Å². The average Bonchev–Trinajstić information content (AvgIpc) is 3.07. The number of carbonyl (C=O) groups excluding carboxylic acids is 1. The molecular formula is C14H14N4O5S. The Labute approximate surface area is 137 Å². The zero-order valence-electron chi connectivity index (χ0n) is 12.7. The second-order valence-electron chi connectivity index (χ2n) is 4.96. The molecule has 2 heterocycles. The van der Waals surface area contributed by atoms with Gasteiger partial charge in [0, 0.05) is 12.5 Å². The van der Waals surface area contributed by atoms with Gasteiger partial charge in [0.05, 0.1) is 17.9 Å². The molecule has 0 amide bonds. The van der Waals surface area contributed by atoms with Gasteiger partial charge in [-0.15, -0.1) is 10.2 Å². The molecule has 0 saturated carbocycles. The number of benzene rings is 1. The van der Waals surface area contributed by atoms with Gasteiger partial charge in [0.2, 0.25) is 5.89 Å². The number of aliphatic imine (C=N–C) groups is 1. The normalized spacial score (nSPS) is 16.6. The van der Waals surface area contributed by atoms with Gasteiger partial charge in [-0.25, -0.2) is 8.42 Å². The summed E-state index contributed by atoms with van der Waals surface area (Å²) in [5.41, 5.74) is 0.493. The minimum Gasteiger partial charge on any atom is -0.456 e. The monoisotopic (exact) mass is 350 g/mol. The number of esters is 1. The van der Waals surface area contributed by atoms with Crippen LogP contribution in [0.25, 0.3) is 0 Å². The van der Waals surface area contributed by atoms with E-state index in [1.165, 1.54) is 6.07 Å². The maximum Gasteiger partial charge on any atom is 0.308 e. The number of aryl methyl sites for hydroxylation is 1. The summed E-state index contributed by atoms with van der Waals surface area (Å²) in [7, 11) is -3.57. The Morgan fingerprint density at radius 1 is 1.33 bits per heavy atom. The SMILES string of the molecule is Cc1nnc(COC(=O)CCN=C2NS(=O)(=O)c3ccccc32)o1. The van der Waals surface area contributed by atoms with Crippen LogP contribution in [0.5, 0.6) is 0 Å². The topological polar surface area (TPSA) is 124 Å². The summed E-state index contributed by atoms with van der Waals surface area (Å²) in [6.07, 6.45) is 0.000510. The van der Waals surface area contributed by atoms with E-state index in [1.54, 1.807) is 25.1 Å². The number of nitrogens with zero attached hydrogens (tertiary/aromatic N) is 3. The number of carbonyl (C=O) groups is 1. The first-order valence-electron chi connectivity index (χ1n) is 7.07. The summed E-state index contributed by atoms with van der Waals surface area (Å²) in [6.45, 7) is 1.62. The number of hydrogen-bond acceptors (Lipinski definition) is 8. The number of sulfonamides is 1. The van der Waals surface area contributed by atoms with Gasteiger partial charge in [0.15, 0.2) is 6.61 Å². The molecule has 9 nitrogen and oxygen atoms in total. The van der Waals surface area contributed by atoms with Gasteiger partial charge in [-0.3, -0.25) is 14.5 Å². The van der Waals surface area contributed by atoms with Crippen LogP contribution in [0, 0.1) is 6.92 Å². The first-order chi connectivity index (χ1) is 11.5. The van der Waals surface area contributed by atoms with Crippen LogP contribution in [0.4, 0.5) is 0 Å². The van der Waals surface area contributed by atoms with Gasteiger partial charge in [0.1, 0.15) is 5.84 Å². The van der Waals surface area contributed by atoms with Gasteiger partial charge in [-0.2, -0.15) is 0 Å². The van der Waals surface area contributed by atoms with Crippen molar-refractivity contribution in [1.82, 2.24) is 14.9 Å². The summed E-state index contributed by atoms with van der Waals surface area (Å²) in [6, 6.07) is 6.51. The molecule has 0 spiro atoms. The van der Waals surface area contributed by atoms with Crippen molar-refractivity contribution in [3.63, 3.8) is 0 Å². The smallest absolute Gasteiger partial charge is 0.308 e. The lowest BCUT2D eigenvalue weighted by Gasteiger charge is -2.01. The highest BCUT2D eigenvalue weighted by molar-refractivity contribution is 7.90. The summed E-state index contributed by atoms with van der Waals surface area (Å²) in [4.78, 5) is 16.0. The van der Waals surface area contributed by atoms with Gasteiger partial charge < -0.3 is 9.15 Å². The Balaban J connectivity index is 1.56. The van der Waals surface area contributed by atoms with Gasteiger partial charge in [-0.05, 0) is 12.1 Å². The fourth-order valence-electron chi connectivity index (χ4n) is 2.12. The number of hydrogen-bond donors (Lipinski definition) is 1. The third kappa shape index (κ3) is 3.43. The molecule has 0 unspecified atom stereocenters. The Hall–Kier alpha value is -2.75. The lowest BCUT2D eigenvalue weighted by molar-refractivity contribution is -0.145. The van der Waals surface area contributed by atoms with Crippen molar-refractivity contribution in [3.8, 4) is 0 Å². The van der Waals surface area contributed by atoms with Crippen LogP contribution in [0.15, 0.2) is 38.6 Å². The van der Waals surface area contributed by atoms with E-state index in [1.807, 2.05) is 0 Å². The van der Waals surface area contributed by atoms with Crippen molar-refractivity contribution in [2.45, 2.75) is 24.8 Å². The van der Waals surface area contributed by atoms with E-state index >= 15 is 0 Å². The van der Waals surface area contributed by atoms with Crippen LogP contribution in [0.2, 0.25) is 0 Å². The highest BCUT2D eigenvalue weighted by atomic mass is 32.2. The fraction of sp³-hybridized carbons (Fsp3) is 0.286. The highest BCUT2D eigenvalue weighted by Crippen LogP contribution is 2.22. The quantitative estimate of drug-likeness (QED) is 0.781. The number of fused-ring (bicyclic) bond motifs is 1. The Morgan fingerprint density at radius 3 is 2.88 bits per heavy atom. The third-order valence-electron chi connectivity index (χ3n) is 3.17.